The summed E-state index contributed by atoms with van der Waals surface area (Å²) in [6.45, 7) is 4.58. The predicted molar refractivity (Wildman–Crippen MR) is 215 cm³/mol. The van der Waals surface area contributed by atoms with E-state index in [-0.39, 0.29) is 6.17 Å². The first kappa shape index (κ1) is 33.2. The summed E-state index contributed by atoms with van der Waals surface area (Å²) < 4.78 is 6.15. The Hall–Kier alpha value is -6.30. The van der Waals surface area contributed by atoms with Gasteiger partial charge in [0.2, 0.25) is 0 Å². The van der Waals surface area contributed by atoms with Crippen LogP contribution in [0.3, 0.4) is 0 Å². The van der Waals surface area contributed by atoms with E-state index in [1.807, 2.05) is 79.9 Å². The van der Waals surface area contributed by atoms with Crippen molar-refractivity contribution in [2.24, 2.45) is 15.7 Å². The zero-order valence-electron chi connectivity index (χ0n) is 28.8. The molecule has 0 fully saturated rings. The number of nitrogens with two attached hydrogens (primary N) is 1. The Labute approximate surface area is 298 Å². The van der Waals surface area contributed by atoms with Gasteiger partial charge >= 0.3 is 0 Å². The molecule has 7 rings (SSSR count). The summed E-state index contributed by atoms with van der Waals surface area (Å²) in [5.41, 5.74) is 15.9. The SMILES string of the molecule is C\C=C/N=C\C(C)=C\C=C(\c1cccc(/C(N)=N/C(NCc2cccc3oc4ccccc4c23)c2ccccc2)c1)c1ccc2ccccc2c1. The van der Waals surface area contributed by atoms with Gasteiger partial charge in [0, 0.05) is 35.3 Å². The number of para-hydroxylation sites is 1. The van der Waals surface area contributed by atoms with E-state index in [1.165, 1.54) is 10.8 Å². The second-order valence-electron chi connectivity index (χ2n) is 12.5. The predicted octanol–water partition coefficient (Wildman–Crippen LogP) is 10.9. The van der Waals surface area contributed by atoms with Gasteiger partial charge in [0.05, 0.1) is 0 Å². The normalized spacial score (nSPS) is 13.6. The van der Waals surface area contributed by atoms with E-state index < -0.39 is 0 Å². The van der Waals surface area contributed by atoms with Crippen molar-refractivity contribution in [3.8, 4) is 0 Å². The number of aliphatic imine (C=N–C) groups is 2. The summed E-state index contributed by atoms with van der Waals surface area (Å²) in [6, 6.07) is 47.9. The van der Waals surface area contributed by atoms with Crippen LogP contribution in [0, 0.1) is 0 Å². The number of hydrogen-bond donors (Lipinski definition) is 2. The van der Waals surface area contributed by atoms with E-state index in [1.54, 1.807) is 6.20 Å². The number of hydrogen-bond acceptors (Lipinski definition) is 4. The van der Waals surface area contributed by atoms with Gasteiger partial charge in [-0.3, -0.25) is 10.3 Å². The molecule has 0 saturated heterocycles. The maximum Gasteiger partial charge on any atom is 0.135 e. The molecule has 0 aliphatic carbocycles. The molecule has 1 heterocycles. The molecule has 6 aromatic carbocycles. The molecule has 0 spiro atoms. The molecule has 0 aliphatic heterocycles. The molecular formula is C46H40N4O. The zero-order chi connectivity index (χ0) is 35.0. The average molecular weight is 665 g/mol. The van der Waals surface area contributed by atoms with Crippen LogP contribution in [0.1, 0.15) is 47.8 Å². The van der Waals surface area contributed by atoms with Gasteiger partial charge in [0.15, 0.2) is 0 Å². The molecule has 0 aliphatic rings. The van der Waals surface area contributed by atoms with Crippen LogP contribution in [0.25, 0.3) is 38.3 Å². The molecule has 0 radical (unpaired) electrons. The first-order valence-corrected chi connectivity index (χ1v) is 17.2. The molecule has 51 heavy (non-hydrogen) atoms. The molecule has 0 bridgehead atoms. The molecule has 1 unspecified atom stereocenters. The van der Waals surface area contributed by atoms with Crippen LogP contribution >= 0.6 is 0 Å². The Bertz CT molecular complexity index is 2460. The summed E-state index contributed by atoms with van der Waals surface area (Å²) in [5.74, 6) is 0.452. The second kappa shape index (κ2) is 15.5. The third kappa shape index (κ3) is 7.64. The molecule has 0 amide bonds. The van der Waals surface area contributed by atoms with Crippen LogP contribution in [0.15, 0.2) is 184 Å². The lowest BCUT2D eigenvalue weighted by Gasteiger charge is -2.17. The quantitative estimate of drug-likeness (QED) is 0.0821. The number of fused-ring (bicyclic) bond motifs is 4. The summed E-state index contributed by atoms with van der Waals surface area (Å²) in [7, 11) is 0. The van der Waals surface area contributed by atoms with E-state index in [0.717, 1.165) is 60.9 Å². The van der Waals surface area contributed by atoms with Crippen LogP contribution < -0.4 is 11.1 Å². The van der Waals surface area contributed by atoms with Crippen LogP contribution in [0.5, 0.6) is 0 Å². The molecule has 5 heteroatoms. The van der Waals surface area contributed by atoms with Crippen molar-refractivity contribution >= 4 is 50.3 Å². The van der Waals surface area contributed by atoms with Crippen LogP contribution in [0.2, 0.25) is 0 Å². The van der Waals surface area contributed by atoms with E-state index in [0.29, 0.717) is 12.4 Å². The van der Waals surface area contributed by atoms with Crippen molar-refractivity contribution in [3.05, 3.63) is 197 Å². The van der Waals surface area contributed by atoms with Crippen molar-refractivity contribution < 1.29 is 4.42 Å². The first-order valence-electron chi connectivity index (χ1n) is 17.2. The Morgan fingerprint density at radius 2 is 1.45 bits per heavy atom. The Balaban J connectivity index is 1.24. The van der Waals surface area contributed by atoms with Gasteiger partial charge in [-0.15, -0.1) is 0 Å². The van der Waals surface area contributed by atoms with Crippen molar-refractivity contribution in [3.63, 3.8) is 0 Å². The van der Waals surface area contributed by atoms with E-state index >= 15 is 0 Å². The fourth-order valence-electron chi connectivity index (χ4n) is 6.36. The summed E-state index contributed by atoms with van der Waals surface area (Å²) in [6.07, 6.45) is 9.44. The minimum Gasteiger partial charge on any atom is -0.456 e. The number of furan rings is 1. The monoisotopic (exact) mass is 664 g/mol. The third-order valence-electron chi connectivity index (χ3n) is 8.91. The van der Waals surface area contributed by atoms with E-state index in [4.69, 9.17) is 15.1 Å². The van der Waals surface area contributed by atoms with Gasteiger partial charge in [-0.25, -0.2) is 4.99 Å². The number of nitrogens with one attached hydrogen (secondary N) is 1. The molecular weight excluding hydrogens is 625 g/mol. The molecule has 5 nitrogen and oxygen atoms in total. The number of allylic oxidation sites excluding steroid dienone is 4. The van der Waals surface area contributed by atoms with Crippen LogP contribution in [0.4, 0.5) is 0 Å². The third-order valence-corrected chi connectivity index (χ3v) is 8.91. The zero-order valence-corrected chi connectivity index (χ0v) is 28.8. The number of rotatable bonds is 11. The van der Waals surface area contributed by atoms with Gasteiger partial charge in [0.25, 0.3) is 0 Å². The van der Waals surface area contributed by atoms with Gasteiger partial charge in [0.1, 0.15) is 23.2 Å². The number of amidine groups is 1. The minimum absolute atomic E-state index is 0.374. The van der Waals surface area contributed by atoms with Crippen LogP contribution in [-0.2, 0) is 6.54 Å². The highest BCUT2D eigenvalue weighted by Crippen LogP contribution is 2.32. The Morgan fingerprint density at radius 1 is 0.725 bits per heavy atom. The van der Waals surface area contributed by atoms with Gasteiger partial charge in [-0.2, -0.15) is 0 Å². The van der Waals surface area contributed by atoms with Gasteiger partial charge in [-0.05, 0) is 82.3 Å². The lowest BCUT2D eigenvalue weighted by Crippen LogP contribution is -2.24. The van der Waals surface area contributed by atoms with Crippen molar-refractivity contribution in [2.45, 2.75) is 26.6 Å². The van der Waals surface area contributed by atoms with Crippen molar-refractivity contribution in [1.82, 2.24) is 5.32 Å². The standard InChI is InChI=1S/C46H40N4O/c1-3-27-48-30-32(2)23-26-40(37-25-24-33-13-7-8-16-35(33)28-37)36-17-11-18-38(29-36)45(47)50-46(34-14-5-4-6-15-34)49-31-39-19-12-22-43-44(39)41-20-9-10-21-42(41)51-43/h3-30,46,49H,31H2,1-2H3,(H2,47,50)/b27-3-,32-23+,40-26-,48-30-. The van der Waals surface area contributed by atoms with E-state index in [2.05, 4.69) is 108 Å². The topological polar surface area (TPSA) is 75.9 Å². The average Bonchev–Trinajstić information content (AvgIpc) is 3.56. The molecule has 1 atom stereocenters. The lowest BCUT2D eigenvalue weighted by atomic mass is 9.93. The second-order valence-corrected chi connectivity index (χ2v) is 12.5. The molecule has 0 saturated carbocycles. The molecule has 250 valence electrons. The smallest absolute Gasteiger partial charge is 0.135 e. The fourth-order valence-corrected chi connectivity index (χ4v) is 6.36. The number of nitrogens with zero attached hydrogens (tertiary/aromatic N) is 2. The molecule has 3 N–H and O–H groups in total. The summed E-state index contributed by atoms with van der Waals surface area (Å²) >= 11 is 0. The maximum atomic E-state index is 6.86. The minimum atomic E-state index is -0.374. The summed E-state index contributed by atoms with van der Waals surface area (Å²) in [5, 5.41) is 8.29. The lowest BCUT2D eigenvalue weighted by molar-refractivity contribution is 0.556. The highest BCUT2D eigenvalue weighted by atomic mass is 16.3. The maximum absolute atomic E-state index is 6.86. The highest BCUT2D eigenvalue weighted by Gasteiger charge is 2.15. The van der Waals surface area contributed by atoms with Crippen LogP contribution in [-0.4, -0.2) is 12.1 Å². The van der Waals surface area contributed by atoms with Gasteiger partial charge < -0.3 is 10.2 Å². The van der Waals surface area contributed by atoms with Crippen molar-refractivity contribution in [1.29, 1.82) is 0 Å². The molecule has 7 aromatic rings. The largest absolute Gasteiger partial charge is 0.456 e. The number of benzene rings is 6. The summed E-state index contributed by atoms with van der Waals surface area (Å²) in [4.78, 5) is 9.45. The highest BCUT2D eigenvalue weighted by molar-refractivity contribution is 6.06. The Morgan fingerprint density at radius 3 is 2.31 bits per heavy atom. The van der Waals surface area contributed by atoms with E-state index in [9.17, 15) is 0 Å². The fraction of sp³-hybridized carbons (Fsp3) is 0.0870. The van der Waals surface area contributed by atoms with Gasteiger partial charge in [-0.1, -0.05) is 133 Å². The first-order chi connectivity index (χ1) is 25.1. The molecule has 1 aromatic heterocycles. The Kier molecular flexibility index (Phi) is 10.1. The van der Waals surface area contributed by atoms with Crippen molar-refractivity contribution in [2.75, 3.05) is 0 Å².